The maximum absolute atomic E-state index is 3.73. The van der Waals surface area contributed by atoms with Crippen LogP contribution in [0.25, 0.3) is 0 Å². The number of hydrogen-bond acceptors (Lipinski definition) is 2. The van der Waals surface area contributed by atoms with E-state index < -0.39 is 0 Å². The zero-order valence-electron chi connectivity index (χ0n) is 13.3. The summed E-state index contributed by atoms with van der Waals surface area (Å²) in [7, 11) is 0. The van der Waals surface area contributed by atoms with Gasteiger partial charge in [0.05, 0.1) is 0 Å². The molecular weight excluding hydrogens is 232 g/mol. The average molecular weight is 264 g/mol. The Bertz CT molecular complexity index is 333. The molecule has 0 aromatic carbocycles. The van der Waals surface area contributed by atoms with E-state index in [2.05, 4.69) is 37.9 Å². The molecule has 19 heavy (non-hydrogen) atoms. The van der Waals surface area contributed by atoms with Crippen LogP contribution in [-0.2, 0) is 0 Å². The summed E-state index contributed by atoms with van der Waals surface area (Å²) in [6, 6.07) is 1.57. The van der Waals surface area contributed by atoms with Gasteiger partial charge in [0.25, 0.3) is 0 Å². The first-order valence-electron chi connectivity index (χ1n) is 8.45. The second-order valence-electron chi connectivity index (χ2n) is 8.20. The molecule has 2 heteroatoms. The van der Waals surface area contributed by atoms with E-state index in [0.717, 1.165) is 18.0 Å². The summed E-state index contributed by atoms with van der Waals surface area (Å²) in [4.78, 5) is 2.85. The standard InChI is InChI=1S/C17H32N2/c1-5-14-7-10-19(11-9-18-14)15-16(2,3)13-6-8-17(15,4)12-13/h13-15,18H,5-12H2,1-4H3. The van der Waals surface area contributed by atoms with Gasteiger partial charge in [-0.3, -0.25) is 4.90 Å². The molecule has 2 aliphatic carbocycles. The second-order valence-corrected chi connectivity index (χ2v) is 8.20. The number of hydrogen-bond donors (Lipinski definition) is 1. The van der Waals surface area contributed by atoms with Crippen LogP contribution in [0.1, 0.15) is 59.8 Å². The molecule has 1 heterocycles. The molecule has 3 aliphatic rings. The first-order chi connectivity index (χ1) is 8.97. The number of fused-ring (bicyclic) bond motifs is 2. The molecule has 4 atom stereocenters. The summed E-state index contributed by atoms with van der Waals surface area (Å²) >= 11 is 0. The van der Waals surface area contributed by atoms with Gasteiger partial charge in [-0.15, -0.1) is 0 Å². The van der Waals surface area contributed by atoms with E-state index in [1.165, 1.54) is 51.7 Å². The summed E-state index contributed by atoms with van der Waals surface area (Å²) in [5.74, 6) is 0.973. The van der Waals surface area contributed by atoms with Crippen LogP contribution in [0.4, 0.5) is 0 Å². The minimum absolute atomic E-state index is 0.527. The van der Waals surface area contributed by atoms with Crippen LogP contribution in [0.5, 0.6) is 0 Å². The van der Waals surface area contributed by atoms with E-state index in [-0.39, 0.29) is 0 Å². The molecule has 1 aliphatic heterocycles. The molecule has 2 nitrogen and oxygen atoms in total. The maximum atomic E-state index is 3.73. The van der Waals surface area contributed by atoms with Crippen LogP contribution in [0.15, 0.2) is 0 Å². The lowest BCUT2D eigenvalue weighted by atomic mass is 9.67. The van der Waals surface area contributed by atoms with Gasteiger partial charge in [-0.05, 0) is 48.9 Å². The van der Waals surface area contributed by atoms with E-state index in [0.29, 0.717) is 10.8 Å². The molecule has 3 fully saturated rings. The molecule has 0 spiro atoms. The van der Waals surface area contributed by atoms with Gasteiger partial charge in [0.15, 0.2) is 0 Å². The highest BCUT2D eigenvalue weighted by atomic mass is 15.2. The molecule has 0 aromatic heterocycles. The quantitative estimate of drug-likeness (QED) is 0.823. The molecule has 110 valence electrons. The summed E-state index contributed by atoms with van der Waals surface area (Å²) in [6.07, 6.45) is 7.04. The Morgan fingerprint density at radius 2 is 1.95 bits per heavy atom. The lowest BCUT2D eigenvalue weighted by Crippen LogP contribution is -2.53. The van der Waals surface area contributed by atoms with Crippen molar-refractivity contribution in [2.75, 3.05) is 19.6 Å². The summed E-state index contributed by atoms with van der Waals surface area (Å²) in [6.45, 7) is 13.7. The molecule has 0 amide bonds. The highest BCUT2D eigenvalue weighted by Gasteiger charge is 2.60. The van der Waals surface area contributed by atoms with Crippen LogP contribution < -0.4 is 5.32 Å². The Morgan fingerprint density at radius 1 is 1.16 bits per heavy atom. The Hall–Kier alpha value is -0.0800. The predicted octanol–water partition coefficient (Wildman–Crippen LogP) is 3.28. The molecule has 0 radical (unpaired) electrons. The highest BCUT2D eigenvalue weighted by molar-refractivity contribution is 5.12. The third-order valence-corrected chi connectivity index (χ3v) is 6.65. The van der Waals surface area contributed by atoms with Crippen LogP contribution in [0, 0.1) is 16.7 Å². The van der Waals surface area contributed by atoms with Gasteiger partial charge in [0.1, 0.15) is 0 Å². The maximum Gasteiger partial charge on any atom is 0.0203 e. The zero-order valence-corrected chi connectivity index (χ0v) is 13.3. The van der Waals surface area contributed by atoms with Gasteiger partial charge in [-0.25, -0.2) is 0 Å². The van der Waals surface area contributed by atoms with Crippen molar-refractivity contribution in [1.82, 2.24) is 10.2 Å². The van der Waals surface area contributed by atoms with Crippen molar-refractivity contribution in [3.63, 3.8) is 0 Å². The van der Waals surface area contributed by atoms with Gasteiger partial charge in [-0.2, -0.15) is 0 Å². The topological polar surface area (TPSA) is 15.3 Å². The van der Waals surface area contributed by atoms with Crippen LogP contribution >= 0.6 is 0 Å². The van der Waals surface area contributed by atoms with Gasteiger partial charge in [0.2, 0.25) is 0 Å². The molecule has 1 saturated heterocycles. The fourth-order valence-corrected chi connectivity index (χ4v) is 5.74. The first-order valence-corrected chi connectivity index (χ1v) is 8.45. The third kappa shape index (κ3) is 2.15. The number of nitrogens with zero attached hydrogens (tertiary/aromatic N) is 1. The zero-order chi connectivity index (χ0) is 13.7. The lowest BCUT2D eigenvalue weighted by Gasteiger charge is -2.48. The van der Waals surface area contributed by atoms with Crippen molar-refractivity contribution in [3.8, 4) is 0 Å². The first kappa shape index (κ1) is 13.9. The van der Waals surface area contributed by atoms with Gasteiger partial charge in [-0.1, -0.05) is 27.7 Å². The highest BCUT2D eigenvalue weighted by Crippen LogP contribution is 2.64. The predicted molar refractivity (Wildman–Crippen MR) is 81.3 cm³/mol. The summed E-state index contributed by atoms with van der Waals surface area (Å²) < 4.78 is 0. The fourth-order valence-electron chi connectivity index (χ4n) is 5.74. The Morgan fingerprint density at radius 3 is 2.58 bits per heavy atom. The molecule has 3 rings (SSSR count). The third-order valence-electron chi connectivity index (χ3n) is 6.65. The van der Waals surface area contributed by atoms with E-state index >= 15 is 0 Å². The van der Waals surface area contributed by atoms with Crippen molar-refractivity contribution >= 4 is 0 Å². The fraction of sp³-hybridized carbons (Fsp3) is 1.00. The Kier molecular flexibility index (Phi) is 3.46. The van der Waals surface area contributed by atoms with Crippen LogP contribution in [0.2, 0.25) is 0 Å². The van der Waals surface area contributed by atoms with Gasteiger partial charge < -0.3 is 5.32 Å². The molecule has 2 saturated carbocycles. The van der Waals surface area contributed by atoms with Crippen molar-refractivity contribution < 1.29 is 0 Å². The van der Waals surface area contributed by atoms with E-state index in [9.17, 15) is 0 Å². The van der Waals surface area contributed by atoms with Crippen molar-refractivity contribution in [2.24, 2.45) is 16.7 Å². The van der Waals surface area contributed by atoms with Crippen LogP contribution in [-0.4, -0.2) is 36.6 Å². The SMILES string of the molecule is CCC1CCN(C2C3(C)CCC(C3)C2(C)C)CCN1. The van der Waals surface area contributed by atoms with Gasteiger partial charge >= 0.3 is 0 Å². The van der Waals surface area contributed by atoms with Gasteiger partial charge in [0, 0.05) is 31.7 Å². The largest absolute Gasteiger partial charge is 0.313 e. The lowest BCUT2D eigenvalue weighted by molar-refractivity contribution is 0.00705. The van der Waals surface area contributed by atoms with Crippen molar-refractivity contribution in [1.29, 1.82) is 0 Å². The van der Waals surface area contributed by atoms with Crippen molar-refractivity contribution in [3.05, 3.63) is 0 Å². The van der Waals surface area contributed by atoms with E-state index in [1.807, 2.05) is 0 Å². The second kappa shape index (κ2) is 4.73. The molecular formula is C17H32N2. The monoisotopic (exact) mass is 264 g/mol. The molecule has 0 aromatic rings. The average Bonchev–Trinajstić information content (AvgIpc) is 2.71. The minimum atomic E-state index is 0.527. The number of rotatable bonds is 2. The Labute approximate surface area is 119 Å². The minimum Gasteiger partial charge on any atom is -0.313 e. The van der Waals surface area contributed by atoms with Crippen molar-refractivity contribution in [2.45, 2.75) is 71.9 Å². The molecule has 1 N–H and O–H groups in total. The summed E-state index contributed by atoms with van der Waals surface area (Å²) in [5, 5.41) is 3.73. The molecule has 4 unspecified atom stereocenters. The Balaban J connectivity index is 1.77. The summed E-state index contributed by atoms with van der Waals surface area (Å²) in [5.41, 5.74) is 1.12. The van der Waals surface area contributed by atoms with Crippen LogP contribution in [0.3, 0.4) is 0 Å². The van der Waals surface area contributed by atoms with E-state index in [1.54, 1.807) is 0 Å². The molecule has 2 bridgehead atoms. The van der Waals surface area contributed by atoms with E-state index in [4.69, 9.17) is 0 Å². The normalized spacial score (nSPS) is 46.4. The number of nitrogens with one attached hydrogen (secondary N) is 1. The smallest absolute Gasteiger partial charge is 0.0203 e.